The van der Waals surface area contributed by atoms with E-state index in [9.17, 15) is 14.4 Å². The second-order valence-corrected chi connectivity index (χ2v) is 5.65. The van der Waals surface area contributed by atoms with Crippen LogP contribution < -0.4 is 10.1 Å². The molecule has 23 heavy (non-hydrogen) atoms. The van der Waals surface area contributed by atoms with Crippen molar-refractivity contribution in [2.24, 2.45) is 0 Å². The number of amides is 4. The highest BCUT2D eigenvalue weighted by Gasteiger charge is 2.35. The van der Waals surface area contributed by atoms with E-state index in [0.717, 1.165) is 16.0 Å². The number of hydrogen-bond acceptors (Lipinski definition) is 4. The molecule has 0 radical (unpaired) electrons. The van der Waals surface area contributed by atoms with Crippen LogP contribution in [0.1, 0.15) is 24.1 Å². The topological polar surface area (TPSA) is 79.0 Å². The van der Waals surface area contributed by atoms with Crippen LogP contribution in [0.2, 0.25) is 0 Å². The first-order valence-electron chi connectivity index (χ1n) is 7.33. The van der Waals surface area contributed by atoms with E-state index in [1.165, 1.54) is 11.9 Å². The molecule has 1 N–H and O–H groups in total. The molecule has 0 unspecified atom stereocenters. The minimum absolute atomic E-state index is 0.00731. The van der Waals surface area contributed by atoms with E-state index in [-0.39, 0.29) is 25.0 Å². The predicted molar refractivity (Wildman–Crippen MR) is 84.0 cm³/mol. The predicted octanol–water partition coefficient (Wildman–Crippen LogP) is 1.07. The second kappa shape index (κ2) is 6.68. The maximum atomic E-state index is 12.1. The number of rotatable bonds is 5. The number of ether oxygens (including phenoxy) is 1. The zero-order valence-corrected chi connectivity index (χ0v) is 13.8. The van der Waals surface area contributed by atoms with Crippen LogP contribution in [0, 0.1) is 6.92 Å². The van der Waals surface area contributed by atoms with Crippen molar-refractivity contribution >= 4 is 17.8 Å². The highest BCUT2D eigenvalue weighted by Crippen LogP contribution is 2.26. The van der Waals surface area contributed by atoms with Gasteiger partial charge in [0, 0.05) is 12.6 Å². The largest absolute Gasteiger partial charge is 0.496 e. The number of nitrogens with one attached hydrogen (secondary N) is 1. The Morgan fingerprint density at radius 1 is 1.39 bits per heavy atom. The average molecular weight is 319 g/mol. The number of carbonyl (C=O) groups is 3. The number of imide groups is 1. The van der Waals surface area contributed by atoms with Crippen molar-refractivity contribution in [1.29, 1.82) is 0 Å². The minimum atomic E-state index is -0.453. The van der Waals surface area contributed by atoms with Gasteiger partial charge in [0.1, 0.15) is 18.8 Å². The lowest BCUT2D eigenvalue weighted by Crippen LogP contribution is -2.41. The summed E-state index contributed by atoms with van der Waals surface area (Å²) < 4.78 is 5.31. The van der Waals surface area contributed by atoms with Gasteiger partial charge in [-0.1, -0.05) is 17.7 Å². The van der Waals surface area contributed by atoms with Crippen molar-refractivity contribution in [3.63, 3.8) is 0 Å². The molecule has 1 aromatic carbocycles. The van der Waals surface area contributed by atoms with Gasteiger partial charge in [-0.15, -0.1) is 0 Å². The normalized spacial score (nSPS) is 15.8. The molecule has 1 saturated heterocycles. The monoisotopic (exact) mass is 319 g/mol. The number of likely N-dealkylation sites (N-methyl/N-ethyl adjacent to an activating group) is 1. The van der Waals surface area contributed by atoms with Crippen molar-refractivity contribution in [2.45, 2.75) is 19.9 Å². The van der Waals surface area contributed by atoms with E-state index in [4.69, 9.17) is 4.74 Å². The first kappa shape index (κ1) is 16.8. The molecule has 4 amide bonds. The Morgan fingerprint density at radius 3 is 2.65 bits per heavy atom. The second-order valence-electron chi connectivity index (χ2n) is 5.65. The summed E-state index contributed by atoms with van der Waals surface area (Å²) >= 11 is 0. The highest BCUT2D eigenvalue weighted by atomic mass is 16.5. The standard InChI is InChI=1S/C16H21N3O4/c1-10-5-6-13(23-4)12(7-10)11(2)17-14(20)8-19-15(21)9-18(3)16(19)22/h5-7,11H,8-9H2,1-4H3,(H,17,20)/t11-/m1/s1. The van der Waals surface area contributed by atoms with E-state index in [2.05, 4.69) is 5.32 Å². The molecule has 0 bridgehead atoms. The third-order valence-electron chi connectivity index (χ3n) is 3.76. The van der Waals surface area contributed by atoms with E-state index in [0.29, 0.717) is 5.75 Å². The molecule has 7 heteroatoms. The van der Waals surface area contributed by atoms with Gasteiger partial charge in [-0.3, -0.25) is 14.5 Å². The fourth-order valence-electron chi connectivity index (χ4n) is 2.53. The third kappa shape index (κ3) is 3.61. The van der Waals surface area contributed by atoms with E-state index in [1.807, 2.05) is 32.0 Å². The fraction of sp³-hybridized carbons (Fsp3) is 0.438. The number of methoxy groups -OCH3 is 1. The fourth-order valence-corrected chi connectivity index (χ4v) is 2.53. The van der Waals surface area contributed by atoms with Crippen LogP contribution >= 0.6 is 0 Å². The Morgan fingerprint density at radius 2 is 2.09 bits per heavy atom. The van der Waals surface area contributed by atoms with Gasteiger partial charge in [-0.05, 0) is 19.9 Å². The maximum absolute atomic E-state index is 12.1. The summed E-state index contributed by atoms with van der Waals surface area (Å²) in [6.07, 6.45) is 0. The number of benzene rings is 1. The summed E-state index contributed by atoms with van der Waals surface area (Å²) in [5, 5.41) is 2.80. The third-order valence-corrected chi connectivity index (χ3v) is 3.76. The molecular formula is C16H21N3O4. The smallest absolute Gasteiger partial charge is 0.327 e. The summed E-state index contributed by atoms with van der Waals surface area (Å²) in [6.45, 7) is 3.51. The summed E-state index contributed by atoms with van der Waals surface area (Å²) in [7, 11) is 3.10. The van der Waals surface area contributed by atoms with Gasteiger partial charge in [0.15, 0.2) is 0 Å². The van der Waals surface area contributed by atoms with Gasteiger partial charge < -0.3 is 15.0 Å². The highest BCUT2D eigenvalue weighted by molar-refractivity contribution is 6.04. The number of nitrogens with zero attached hydrogens (tertiary/aromatic N) is 2. The Labute approximate surface area is 135 Å². The molecule has 0 spiro atoms. The number of aryl methyl sites for hydroxylation is 1. The molecule has 1 heterocycles. The lowest BCUT2D eigenvalue weighted by Gasteiger charge is -2.20. The molecule has 1 aliphatic heterocycles. The van der Waals surface area contributed by atoms with Crippen molar-refractivity contribution in [3.8, 4) is 5.75 Å². The average Bonchev–Trinajstić information content (AvgIpc) is 2.73. The molecule has 0 saturated carbocycles. The van der Waals surface area contributed by atoms with Gasteiger partial charge in [-0.2, -0.15) is 0 Å². The molecular weight excluding hydrogens is 298 g/mol. The molecule has 0 aliphatic carbocycles. The van der Waals surface area contributed by atoms with Gasteiger partial charge in [-0.25, -0.2) is 4.79 Å². The summed E-state index contributed by atoms with van der Waals surface area (Å²) in [4.78, 5) is 37.9. The zero-order valence-electron chi connectivity index (χ0n) is 13.8. The molecule has 124 valence electrons. The van der Waals surface area contributed by atoms with Crippen molar-refractivity contribution in [2.75, 3.05) is 27.2 Å². The van der Waals surface area contributed by atoms with E-state index < -0.39 is 11.9 Å². The van der Waals surface area contributed by atoms with Crippen molar-refractivity contribution in [1.82, 2.24) is 15.1 Å². The van der Waals surface area contributed by atoms with Crippen LogP contribution in [0.25, 0.3) is 0 Å². The van der Waals surface area contributed by atoms with Gasteiger partial charge in [0.25, 0.3) is 5.91 Å². The molecule has 2 rings (SSSR count). The number of hydrogen-bond donors (Lipinski definition) is 1. The first-order valence-corrected chi connectivity index (χ1v) is 7.33. The Balaban J connectivity index is 2.04. The molecule has 0 aromatic heterocycles. The lowest BCUT2D eigenvalue weighted by atomic mass is 10.0. The molecule has 7 nitrogen and oxygen atoms in total. The quantitative estimate of drug-likeness (QED) is 0.824. The number of carbonyl (C=O) groups excluding carboxylic acids is 3. The van der Waals surface area contributed by atoms with Crippen LogP contribution in [-0.4, -0.2) is 54.9 Å². The molecule has 1 aliphatic rings. The van der Waals surface area contributed by atoms with Gasteiger partial charge in [0.05, 0.1) is 13.2 Å². The maximum Gasteiger partial charge on any atom is 0.327 e. The van der Waals surface area contributed by atoms with E-state index >= 15 is 0 Å². The summed E-state index contributed by atoms with van der Waals surface area (Å²) in [5.41, 5.74) is 1.89. The summed E-state index contributed by atoms with van der Waals surface area (Å²) in [5.74, 6) is -0.0806. The van der Waals surface area contributed by atoms with Gasteiger partial charge in [0.2, 0.25) is 5.91 Å². The van der Waals surface area contributed by atoms with Crippen LogP contribution in [0.5, 0.6) is 5.75 Å². The van der Waals surface area contributed by atoms with Crippen molar-refractivity contribution < 1.29 is 19.1 Å². The van der Waals surface area contributed by atoms with Crippen LogP contribution in [-0.2, 0) is 9.59 Å². The first-order chi connectivity index (χ1) is 10.8. The van der Waals surface area contributed by atoms with E-state index in [1.54, 1.807) is 7.11 Å². The van der Waals surface area contributed by atoms with Crippen molar-refractivity contribution in [3.05, 3.63) is 29.3 Å². The molecule has 1 aromatic rings. The van der Waals surface area contributed by atoms with Crippen LogP contribution in [0.3, 0.4) is 0 Å². The zero-order chi connectivity index (χ0) is 17.1. The molecule has 1 atom stereocenters. The minimum Gasteiger partial charge on any atom is -0.496 e. The van der Waals surface area contributed by atoms with Crippen LogP contribution in [0.15, 0.2) is 18.2 Å². The van der Waals surface area contributed by atoms with Gasteiger partial charge >= 0.3 is 6.03 Å². The molecule has 1 fully saturated rings. The summed E-state index contributed by atoms with van der Waals surface area (Å²) in [6, 6.07) is 4.95. The Hall–Kier alpha value is -2.57. The van der Waals surface area contributed by atoms with Crippen LogP contribution in [0.4, 0.5) is 4.79 Å². The Kier molecular flexibility index (Phi) is 4.88. The number of urea groups is 1. The SMILES string of the molecule is COc1ccc(C)cc1[C@@H](C)NC(=O)CN1C(=O)CN(C)C1=O. The lowest BCUT2D eigenvalue weighted by molar-refractivity contribution is -0.131. The Bertz CT molecular complexity index is 644.